The van der Waals surface area contributed by atoms with Crippen LogP contribution in [0.5, 0.6) is 0 Å². The van der Waals surface area contributed by atoms with Crippen molar-refractivity contribution in [2.24, 2.45) is 0 Å². The van der Waals surface area contributed by atoms with Crippen molar-refractivity contribution in [3.05, 3.63) is 12.7 Å². The zero-order valence-electron chi connectivity index (χ0n) is 10.8. The first-order valence-corrected chi connectivity index (χ1v) is 12.2. The minimum absolute atomic E-state index is 0.0628. The lowest BCUT2D eigenvalue weighted by molar-refractivity contribution is 0.949. The normalized spacial score (nSPS) is 16.5. The third kappa shape index (κ3) is 3.85. The Morgan fingerprint density at radius 2 is 1.50 bits per heavy atom. The average molecular weight is 224 g/mol. The minimum Gasteiger partial charge on any atom is -0.131 e. The summed E-state index contributed by atoms with van der Waals surface area (Å²) in [4.78, 5) is 0. The van der Waals surface area contributed by atoms with E-state index >= 15 is 0 Å². The number of allylic oxidation sites excluding steroid dienone is 1. The highest BCUT2D eigenvalue weighted by Gasteiger charge is 2.34. The molecule has 0 N–H and O–H groups in total. The van der Waals surface area contributed by atoms with Crippen LogP contribution in [0.4, 0.5) is 0 Å². The third-order valence-corrected chi connectivity index (χ3v) is 6.98. The SMILES string of the molecule is C=CC(C)(C#C[Si](C)(C)C)[Si](C)(C)C. The van der Waals surface area contributed by atoms with Crippen LogP contribution in [0.2, 0.25) is 44.3 Å². The Bertz CT molecular complexity index is 267. The molecule has 0 saturated heterocycles. The fourth-order valence-electron chi connectivity index (χ4n) is 0.862. The summed E-state index contributed by atoms with van der Waals surface area (Å²) in [6.07, 6.45) is 2.05. The molecule has 0 saturated carbocycles. The van der Waals surface area contributed by atoms with Crippen molar-refractivity contribution in [2.45, 2.75) is 51.2 Å². The number of hydrogen-bond donors (Lipinski definition) is 0. The summed E-state index contributed by atoms with van der Waals surface area (Å²) in [6.45, 7) is 20.1. The summed E-state index contributed by atoms with van der Waals surface area (Å²) >= 11 is 0. The van der Waals surface area contributed by atoms with Gasteiger partial charge in [0.25, 0.3) is 0 Å². The summed E-state index contributed by atoms with van der Waals surface area (Å²) in [5, 5.41) is 0.0628. The minimum atomic E-state index is -1.28. The highest BCUT2D eigenvalue weighted by atomic mass is 28.3. The van der Waals surface area contributed by atoms with Crippen molar-refractivity contribution in [3.8, 4) is 11.5 Å². The molecule has 0 aliphatic carbocycles. The Labute approximate surface area is 91.8 Å². The average Bonchev–Trinajstić information content (AvgIpc) is 1.96. The molecule has 0 radical (unpaired) electrons. The topological polar surface area (TPSA) is 0 Å². The third-order valence-electron chi connectivity index (χ3n) is 2.66. The summed E-state index contributed by atoms with van der Waals surface area (Å²) in [7, 11) is -2.53. The maximum atomic E-state index is 3.95. The summed E-state index contributed by atoms with van der Waals surface area (Å²) < 4.78 is 0. The van der Waals surface area contributed by atoms with E-state index in [-0.39, 0.29) is 5.04 Å². The van der Waals surface area contributed by atoms with Gasteiger partial charge in [0.05, 0.1) is 8.07 Å². The quantitative estimate of drug-likeness (QED) is 0.375. The molecule has 0 aliphatic rings. The van der Waals surface area contributed by atoms with Crippen molar-refractivity contribution < 1.29 is 0 Å². The Morgan fingerprint density at radius 3 is 1.71 bits per heavy atom. The molecule has 0 aliphatic heterocycles. The van der Waals surface area contributed by atoms with Gasteiger partial charge in [-0.25, -0.2) is 0 Å². The Kier molecular flexibility index (Phi) is 4.00. The van der Waals surface area contributed by atoms with Gasteiger partial charge < -0.3 is 0 Å². The molecule has 0 bridgehead atoms. The number of hydrogen-bond acceptors (Lipinski definition) is 0. The van der Waals surface area contributed by atoms with Gasteiger partial charge in [0, 0.05) is 5.04 Å². The molecule has 1 unspecified atom stereocenters. The van der Waals surface area contributed by atoms with E-state index in [4.69, 9.17) is 0 Å². The fraction of sp³-hybridized carbons (Fsp3) is 0.667. The van der Waals surface area contributed by atoms with Gasteiger partial charge in [-0.2, -0.15) is 0 Å². The van der Waals surface area contributed by atoms with Crippen molar-refractivity contribution in [2.75, 3.05) is 0 Å². The van der Waals surface area contributed by atoms with Crippen LogP contribution in [0, 0.1) is 11.5 Å². The second-order valence-corrected chi connectivity index (χ2v) is 16.4. The van der Waals surface area contributed by atoms with Crippen LogP contribution in [0.1, 0.15) is 6.92 Å². The smallest absolute Gasteiger partial charge is 0.129 e. The first kappa shape index (κ1) is 13.7. The van der Waals surface area contributed by atoms with Gasteiger partial charge >= 0.3 is 0 Å². The lowest BCUT2D eigenvalue weighted by atomic mass is 10.2. The van der Waals surface area contributed by atoms with Crippen LogP contribution >= 0.6 is 0 Å². The van der Waals surface area contributed by atoms with Gasteiger partial charge in [-0.3, -0.25) is 0 Å². The molecule has 14 heavy (non-hydrogen) atoms. The predicted octanol–water partition coefficient (Wildman–Crippen LogP) is 4.15. The number of rotatable bonds is 2. The molecular formula is C12H24Si2. The molecule has 0 nitrogen and oxygen atoms in total. The fourth-order valence-corrected chi connectivity index (χ4v) is 2.67. The molecule has 1 atom stereocenters. The van der Waals surface area contributed by atoms with Crippen LogP contribution < -0.4 is 0 Å². The van der Waals surface area contributed by atoms with Crippen LogP contribution in [-0.4, -0.2) is 16.1 Å². The largest absolute Gasteiger partial charge is 0.131 e. The van der Waals surface area contributed by atoms with E-state index in [2.05, 4.69) is 64.2 Å². The zero-order chi connectivity index (χ0) is 11.6. The molecule has 0 amide bonds. The van der Waals surface area contributed by atoms with Gasteiger partial charge in [0.2, 0.25) is 0 Å². The molecular weight excluding hydrogens is 200 g/mol. The Balaban J connectivity index is 5.08. The van der Waals surface area contributed by atoms with E-state index in [1.54, 1.807) is 0 Å². The summed E-state index contributed by atoms with van der Waals surface area (Å²) in [5.74, 6) is 3.48. The molecule has 0 spiro atoms. The zero-order valence-corrected chi connectivity index (χ0v) is 12.8. The lowest BCUT2D eigenvalue weighted by Crippen LogP contribution is -2.35. The van der Waals surface area contributed by atoms with E-state index < -0.39 is 16.1 Å². The standard InChI is InChI=1S/C12H24Si2/c1-9-12(2,14(6,7)8)10-11-13(3,4)5/h9H,1H2,2-8H3. The summed E-state index contributed by atoms with van der Waals surface area (Å²) in [6, 6.07) is 0. The lowest BCUT2D eigenvalue weighted by Gasteiger charge is -2.33. The highest BCUT2D eigenvalue weighted by Crippen LogP contribution is 2.37. The monoisotopic (exact) mass is 224 g/mol. The van der Waals surface area contributed by atoms with Crippen molar-refractivity contribution in [3.63, 3.8) is 0 Å². The summed E-state index contributed by atoms with van der Waals surface area (Å²) in [5.41, 5.74) is 3.47. The first-order chi connectivity index (χ1) is 6.02. The molecule has 0 aromatic heterocycles. The molecule has 80 valence electrons. The highest BCUT2D eigenvalue weighted by molar-refractivity contribution is 6.84. The molecule has 0 aromatic rings. The van der Waals surface area contributed by atoms with Gasteiger partial charge in [-0.15, -0.1) is 18.0 Å². The van der Waals surface area contributed by atoms with Crippen LogP contribution in [-0.2, 0) is 0 Å². The van der Waals surface area contributed by atoms with Gasteiger partial charge in [0.15, 0.2) is 0 Å². The Hall–Kier alpha value is -0.266. The van der Waals surface area contributed by atoms with E-state index in [1.165, 1.54) is 0 Å². The van der Waals surface area contributed by atoms with Crippen molar-refractivity contribution in [1.82, 2.24) is 0 Å². The molecule has 0 rings (SSSR count). The van der Waals surface area contributed by atoms with Crippen LogP contribution in [0.25, 0.3) is 0 Å². The second kappa shape index (κ2) is 4.08. The van der Waals surface area contributed by atoms with Crippen molar-refractivity contribution in [1.29, 1.82) is 0 Å². The van der Waals surface area contributed by atoms with E-state index in [0.717, 1.165) is 0 Å². The van der Waals surface area contributed by atoms with Crippen molar-refractivity contribution >= 4 is 16.1 Å². The maximum Gasteiger partial charge on any atom is 0.129 e. The molecule has 0 heterocycles. The second-order valence-electron chi connectivity index (χ2n) is 6.16. The molecule has 0 fully saturated rings. The van der Waals surface area contributed by atoms with E-state index in [1.807, 2.05) is 6.08 Å². The van der Waals surface area contributed by atoms with Gasteiger partial charge in [0.1, 0.15) is 8.07 Å². The first-order valence-electron chi connectivity index (χ1n) is 5.20. The predicted molar refractivity (Wildman–Crippen MR) is 73.0 cm³/mol. The van der Waals surface area contributed by atoms with E-state index in [9.17, 15) is 0 Å². The van der Waals surface area contributed by atoms with Crippen LogP contribution in [0.15, 0.2) is 12.7 Å². The van der Waals surface area contributed by atoms with Crippen LogP contribution in [0.3, 0.4) is 0 Å². The maximum absolute atomic E-state index is 3.95. The Morgan fingerprint density at radius 1 is 1.07 bits per heavy atom. The molecule has 0 aromatic carbocycles. The van der Waals surface area contributed by atoms with Gasteiger partial charge in [-0.1, -0.05) is 45.4 Å². The van der Waals surface area contributed by atoms with Gasteiger partial charge in [-0.05, 0) is 6.92 Å². The van der Waals surface area contributed by atoms with E-state index in [0.29, 0.717) is 0 Å². The molecule has 2 heteroatoms.